The third-order valence-corrected chi connectivity index (χ3v) is 3.81. The van der Waals surface area contributed by atoms with Gasteiger partial charge in [0, 0.05) is 18.1 Å². The number of hydrogen-bond acceptors (Lipinski definition) is 3. The highest BCUT2D eigenvalue weighted by molar-refractivity contribution is 9.10. The molecule has 0 bridgehead atoms. The number of aromatic nitrogens is 3. The van der Waals surface area contributed by atoms with E-state index in [-0.39, 0.29) is 0 Å². The molecular weight excluding hydrogens is 316 g/mol. The molecule has 0 amide bonds. The van der Waals surface area contributed by atoms with Gasteiger partial charge in [0.2, 0.25) is 0 Å². The SMILES string of the molecule is CC(C)c1ccc(Nc2nccn3c(Br)cnc23)cc1. The van der Waals surface area contributed by atoms with Crippen molar-refractivity contribution < 1.29 is 0 Å². The Morgan fingerprint density at radius 2 is 1.90 bits per heavy atom. The van der Waals surface area contributed by atoms with Gasteiger partial charge in [0.05, 0.1) is 6.20 Å². The largest absolute Gasteiger partial charge is 0.337 e. The molecule has 0 unspecified atom stereocenters. The van der Waals surface area contributed by atoms with Crippen molar-refractivity contribution in [2.75, 3.05) is 5.32 Å². The van der Waals surface area contributed by atoms with Crippen molar-refractivity contribution in [3.8, 4) is 0 Å². The van der Waals surface area contributed by atoms with Crippen LogP contribution in [0.15, 0.2) is 47.5 Å². The second kappa shape index (κ2) is 5.25. The average Bonchev–Trinajstić information content (AvgIpc) is 2.82. The van der Waals surface area contributed by atoms with E-state index in [2.05, 4.69) is 69.3 Å². The summed E-state index contributed by atoms with van der Waals surface area (Å²) in [5.41, 5.74) is 3.13. The summed E-state index contributed by atoms with van der Waals surface area (Å²) >= 11 is 3.46. The monoisotopic (exact) mass is 330 g/mol. The fourth-order valence-electron chi connectivity index (χ4n) is 2.07. The first-order valence-electron chi connectivity index (χ1n) is 6.49. The number of nitrogens with zero attached hydrogens (tertiary/aromatic N) is 3. The summed E-state index contributed by atoms with van der Waals surface area (Å²) in [6, 6.07) is 8.40. The molecule has 0 fully saturated rings. The predicted octanol–water partition coefficient (Wildman–Crippen LogP) is 4.36. The molecule has 102 valence electrons. The molecule has 20 heavy (non-hydrogen) atoms. The summed E-state index contributed by atoms with van der Waals surface area (Å²) in [5.74, 6) is 1.28. The van der Waals surface area contributed by atoms with E-state index in [9.17, 15) is 0 Å². The summed E-state index contributed by atoms with van der Waals surface area (Å²) in [5, 5.41) is 3.31. The lowest BCUT2D eigenvalue weighted by Crippen LogP contribution is -1.98. The molecule has 0 aliphatic carbocycles. The van der Waals surface area contributed by atoms with E-state index in [4.69, 9.17) is 0 Å². The molecule has 0 radical (unpaired) electrons. The third-order valence-electron chi connectivity index (χ3n) is 3.22. The number of hydrogen-bond donors (Lipinski definition) is 1. The second-order valence-corrected chi connectivity index (χ2v) is 5.76. The number of nitrogens with one attached hydrogen (secondary N) is 1. The molecule has 2 aromatic heterocycles. The van der Waals surface area contributed by atoms with Crippen LogP contribution in [0.4, 0.5) is 11.5 Å². The lowest BCUT2D eigenvalue weighted by Gasteiger charge is -2.09. The Labute approximate surface area is 126 Å². The van der Waals surface area contributed by atoms with Crippen molar-refractivity contribution >= 4 is 33.1 Å². The molecule has 0 spiro atoms. The molecule has 0 saturated heterocycles. The van der Waals surface area contributed by atoms with E-state index < -0.39 is 0 Å². The molecule has 1 N–H and O–H groups in total. The number of imidazole rings is 1. The number of benzene rings is 1. The van der Waals surface area contributed by atoms with Crippen molar-refractivity contribution in [1.82, 2.24) is 14.4 Å². The molecule has 0 aliphatic heterocycles. The van der Waals surface area contributed by atoms with E-state index in [0.29, 0.717) is 5.92 Å². The molecule has 5 heteroatoms. The van der Waals surface area contributed by atoms with Crippen molar-refractivity contribution in [2.45, 2.75) is 19.8 Å². The molecule has 1 aromatic carbocycles. The van der Waals surface area contributed by atoms with Gasteiger partial charge < -0.3 is 5.32 Å². The maximum absolute atomic E-state index is 4.36. The van der Waals surface area contributed by atoms with Gasteiger partial charge in [0.1, 0.15) is 4.60 Å². The van der Waals surface area contributed by atoms with E-state index in [1.165, 1.54) is 5.56 Å². The van der Waals surface area contributed by atoms with E-state index >= 15 is 0 Å². The van der Waals surface area contributed by atoms with Gasteiger partial charge in [-0.05, 0) is 39.5 Å². The number of fused-ring (bicyclic) bond motifs is 1. The lowest BCUT2D eigenvalue weighted by molar-refractivity contribution is 0.867. The Morgan fingerprint density at radius 3 is 2.60 bits per heavy atom. The van der Waals surface area contributed by atoms with Crippen LogP contribution in [0, 0.1) is 0 Å². The zero-order valence-corrected chi connectivity index (χ0v) is 12.9. The highest BCUT2D eigenvalue weighted by Crippen LogP contribution is 2.23. The second-order valence-electron chi connectivity index (χ2n) is 4.95. The normalized spacial score (nSPS) is 11.2. The van der Waals surface area contributed by atoms with Crippen LogP contribution in [0.2, 0.25) is 0 Å². The molecule has 2 heterocycles. The quantitative estimate of drug-likeness (QED) is 0.775. The molecule has 3 rings (SSSR count). The van der Waals surface area contributed by atoms with Crippen LogP contribution < -0.4 is 5.32 Å². The van der Waals surface area contributed by atoms with Crippen LogP contribution in [0.5, 0.6) is 0 Å². The van der Waals surface area contributed by atoms with Crippen LogP contribution in [-0.4, -0.2) is 14.4 Å². The van der Waals surface area contributed by atoms with E-state index in [0.717, 1.165) is 21.8 Å². The summed E-state index contributed by atoms with van der Waals surface area (Å²) in [7, 11) is 0. The Morgan fingerprint density at radius 1 is 1.15 bits per heavy atom. The van der Waals surface area contributed by atoms with Gasteiger partial charge in [-0.3, -0.25) is 4.40 Å². The number of rotatable bonds is 3. The van der Waals surface area contributed by atoms with Crippen LogP contribution in [0.25, 0.3) is 5.65 Å². The van der Waals surface area contributed by atoms with Gasteiger partial charge >= 0.3 is 0 Å². The minimum Gasteiger partial charge on any atom is -0.337 e. The Bertz CT molecular complexity index is 731. The summed E-state index contributed by atoms with van der Waals surface area (Å²) in [6.07, 6.45) is 5.40. The summed E-state index contributed by atoms with van der Waals surface area (Å²) in [4.78, 5) is 8.71. The maximum atomic E-state index is 4.36. The van der Waals surface area contributed by atoms with Gasteiger partial charge in [0.15, 0.2) is 11.5 Å². The third kappa shape index (κ3) is 2.41. The average molecular weight is 331 g/mol. The number of anilines is 2. The van der Waals surface area contributed by atoms with E-state index in [1.807, 2.05) is 10.6 Å². The van der Waals surface area contributed by atoms with Crippen molar-refractivity contribution in [2.24, 2.45) is 0 Å². The Kier molecular flexibility index (Phi) is 3.44. The standard InChI is InChI=1S/C15H15BrN4/c1-10(2)11-3-5-12(6-4-11)19-14-15-18-9-13(16)20(15)8-7-17-14/h3-10H,1-2H3,(H,17,19). The summed E-state index contributed by atoms with van der Waals surface area (Å²) < 4.78 is 2.85. The maximum Gasteiger partial charge on any atom is 0.181 e. The van der Waals surface area contributed by atoms with Gasteiger partial charge in [-0.2, -0.15) is 0 Å². The smallest absolute Gasteiger partial charge is 0.181 e. The van der Waals surface area contributed by atoms with Crippen molar-refractivity contribution in [3.63, 3.8) is 0 Å². The van der Waals surface area contributed by atoms with Gasteiger partial charge in [-0.15, -0.1) is 0 Å². The first-order valence-corrected chi connectivity index (χ1v) is 7.29. The highest BCUT2D eigenvalue weighted by atomic mass is 79.9. The Balaban J connectivity index is 1.93. The molecular formula is C15H15BrN4. The lowest BCUT2D eigenvalue weighted by atomic mass is 10.0. The first-order chi connectivity index (χ1) is 9.65. The molecule has 3 aromatic rings. The summed E-state index contributed by atoms with van der Waals surface area (Å²) in [6.45, 7) is 4.37. The molecule has 4 nitrogen and oxygen atoms in total. The van der Waals surface area contributed by atoms with Crippen LogP contribution in [0.3, 0.4) is 0 Å². The zero-order chi connectivity index (χ0) is 14.1. The number of halogens is 1. The van der Waals surface area contributed by atoms with Crippen molar-refractivity contribution in [1.29, 1.82) is 0 Å². The first kappa shape index (κ1) is 13.1. The molecule has 0 saturated carbocycles. The van der Waals surface area contributed by atoms with Gasteiger partial charge in [-0.1, -0.05) is 26.0 Å². The van der Waals surface area contributed by atoms with Gasteiger partial charge in [-0.25, -0.2) is 9.97 Å². The predicted molar refractivity (Wildman–Crippen MR) is 84.5 cm³/mol. The zero-order valence-electron chi connectivity index (χ0n) is 11.3. The van der Waals surface area contributed by atoms with Crippen LogP contribution in [-0.2, 0) is 0 Å². The highest BCUT2D eigenvalue weighted by Gasteiger charge is 2.07. The fourth-order valence-corrected chi connectivity index (χ4v) is 2.45. The van der Waals surface area contributed by atoms with Crippen LogP contribution >= 0.6 is 15.9 Å². The minimum atomic E-state index is 0.536. The molecule has 0 aliphatic rings. The Hall–Kier alpha value is -1.88. The van der Waals surface area contributed by atoms with Gasteiger partial charge in [0.25, 0.3) is 0 Å². The fraction of sp³-hybridized carbons (Fsp3) is 0.200. The van der Waals surface area contributed by atoms with Crippen LogP contribution in [0.1, 0.15) is 25.3 Å². The van der Waals surface area contributed by atoms with E-state index in [1.54, 1.807) is 12.4 Å². The minimum absolute atomic E-state index is 0.536. The molecule has 0 atom stereocenters. The van der Waals surface area contributed by atoms with Crippen molar-refractivity contribution in [3.05, 3.63) is 53.0 Å². The topological polar surface area (TPSA) is 42.2 Å².